The van der Waals surface area contributed by atoms with Crippen molar-refractivity contribution < 1.29 is 13.3 Å². The van der Waals surface area contributed by atoms with Crippen molar-refractivity contribution >= 4 is 9.53 Å². The van der Waals surface area contributed by atoms with Gasteiger partial charge in [-0.2, -0.15) is 0 Å². The Hall–Kier alpha value is -0.593. The average Bonchev–Trinajstić information content (AvgIpc) is 2.17. The molecule has 0 aromatic carbocycles. The van der Waals surface area contributed by atoms with Gasteiger partial charge in [-0.05, 0) is 12.0 Å². The highest BCUT2D eigenvalue weighted by atomic mass is 28.3. The standard InChI is InChI=1S/C6H14N3O3Si/c1-4-6(8-9-7)5-12-13(10-2)11-3/h6H,4-5H2,1-3H3. The molecule has 1 atom stereocenters. The predicted octanol–water partition coefficient (Wildman–Crippen LogP) is 1.37. The van der Waals surface area contributed by atoms with Gasteiger partial charge in [0.1, 0.15) is 0 Å². The lowest BCUT2D eigenvalue weighted by Gasteiger charge is -2.12. The van der Waals surface area contributed by atoms with Crippen molar-refractivity contribution in [1.82, 2.24) is 0 Å². The van der Waals surface area contributed by atoms with Gasteiger partial charge in [0.25, 0.3) is 0 Å². The second kappa shape index (κ2) is 8.03. The normalized spacial score (nSPS) is 12.6. The molecule has 0 N–H and O–H groups in total. The van der Waals surface area contributed by atoms with E-state index in [1.807, 2.05) is 6.92 Å². The van der Waals surface area contributed by atoms with Gasteiger partial charge in [0.2, 0.25) is 0 Å². The molecule has 1 unspecified atom stereocenters. The minimum atomic E-state index is -1.63. The van der Waals surface area contributed by atoms with Crippen molar-refractivity contribution in [2.45, 2.75) is 19.4 Å². The summed E-state index contributed by atoms with van der Waals surface area (Å²) in [7, 11) is 1.41. The third kappa shape index (κ3) is 5.62. The fraction of sp³-hybridized carbons (Fsp3) is 1.00. The van der Waals surface area contributed by atoms with Crippen LogP contribution in [0.4, 0.5) is 0 Å². The minimum Gasteiger partial charge on any atom is -0.375 e. The monoisotopic (exact) mass is 204 g/mol. The maximum absolute atomic E-state index is 8.20. The zero-order chi connectivity index (χ0) is 10.1. The maximum atomic E-state index is 8.20. The van der Waals surface area contributed by atoms with E-state index >= 15 is 0 Å². The molecule has 0 aliphatic heterocycles. The molecule has 0 saturated carbocycles. The van der Waals surface area contributed by atoms with E-state index in [1.165, 1.54) is 14.2 Å². The summed E-state index contributed by atoms with van der Waals surface area (Å²) in [6.45, 7) is 2.27. The summed E-state index contributed by atoms with van der Waals surface area (Å²) < 4.78 is 15.0. The molecule has 0 aliphatic carbocycles. The second-order valence-electron chi connectivity index (χ2n) is 2.24. The molecule has 1 radical (unpaired) electrons. The Kier molecular flexibility index (Phi) is 7.66. The highest BCUT2D eigenvalue weighted by Gasteiger charge is 2.16. The molecule has 7 heteroatoms. The van der Waals surface area contributed by atoms with Gasteiger partial charge in [-0.25, -0.2) is 0 Å². The van der Waals surface area contributed by atoms with Crippen LogP contribution in [0.5, 0.6) is 0 Å². The van der Waals surface area contributed by atoms with Gasteiger partial charge in [0, 0.05) is 25.7 Å². The Morgan fingerprint density at radius 3 is 2.46 bits per heavy atom. The van der Waals surface area contributed by atoms with Crippen molar-refractivity contribution in [3.63, 3.8) is 0 Å². The summed E-state index contributed by atoms with van der Waals surface area (Å²) in [4.78, 5) is 2.71. The molecule has 0 aromatic rings. The lowest BCUT2D eigenvalue weighted by Crippen LogP contribution is -2.27. The quantitative estimate of drug-likeness (QED) is 0.272. The summed E-state index contributed by atoms with van der Waals surface area (Å²) in [5.74, 6) is 0. The first-order chi connectivity index (χ1) is 6.28. The topological polar surface area (TPSA) is 76.5 Å². The van der Waals surface area contributed by atoms with Gasteiger partial charge >= 0.3 is 9.53 Å². The van der Waals surface area contributed by atoms with Crippen LogP contribution in [0.15, 0.2) is 5.11 Å². The molecule has 13 heavy (non-hydrogen) atoms. The number of rotatable bonds is 7. The molecule has 0 fully saturated rings. The van der Waals surface area contributed by atoms with Crippen LogP contribution in [0.25, 0.3) is 10.4 Å². The smallest absolute Gasteiger partial charge is 0.375 e. The van der Waals surface area contributed by atoms with Crippen molar-refractivity contribution in [1.29, 1.82) is 0 Å². The molecule has 0 aromatic heterocycles. The summed E-state index contributed by atoms with van der Waals surface area (Å²) in [6.07, 6.45) is 0.743. The summed E-state index contributed by atoms with van der Waals surface area (Å²) in [5, 5.41) is 3.54. The largest absolute Gasteiger partial charge is 0.577 e. The molecule has 0 spiro atoms. The summed E-state index contributed by atoms with van der Waals surface area (Å²) in [6, 6.07) is -0.143. The third-order valence-corrected chi connectivity index (χ3v) is 2.48. The molecule has 0 aliphatic rings. The highest BCUT2D eigenvalue weighted by molar-refractivity contribution is 6.36. The molecular formula is C6H14N3O3Si. The fourth-order valence-corrected chi connectivity index (χ4v) is 1.40. The lowest BCUT2D eigenvalue weighted by atomic mass is 10.3. The second-order valence-corrected chi connectivity index (χ2v) is 3.84. The molecule has 0 saturated heterocycles. The Morgan fingerprint density at radius 1 is 1.46 bits per heavy atom. The third-order valence-electron chi connectivity index (χ3n) is 1.41. The molecule has 75 valence electrons. The van der Waals surface area contributed by atoms with E-state index in [0.717, 1.165) is 6.42 Å². The van der Waals surface area contributed by atoms with E-state index in [2.05, 4.69) is 10.0 Å². The SMILES string of the molecule is CCC(CO[Si](OC)OC)N=[N+]=[N-]. The van der Waals surface area contributed by atoms with Crippen LogP contribution in [0.1, 0.15) is 13.3 Å². The molecule has 0 bridgehead atoms. The van der Waals surface area contributed by atoms with E-state index in [1.54, 1.807) is 0 Å². The van der Waals surface area contributed by atoms with E-state index < -0.39 is 9.53 Å². The average molecular weight is 204 g/mol. The number of hydrogen-bond acceptors (Lipinski definition) is 4. The Bertz CT molecular complexity index is 171. The predicted molar refractivity (Wildman–Crippen MR) is 48.9 cm³/mol. The Labute approximate surface area is 79.4 Å². The van der Waals surface area contributed by atoms with Crippen LogP contribution >= 0.6 is 0 Å². The van der Waals surface area contributed by atoms with Crippen LogP contribution < -0.4 is 0 Å². The van der Waals surface area contributed by atoms with Crippen molar-refractivity contribution in [2.24, 2.45) is 5.11 Å². The molecule has 0 amide bonds. The first kappa shape index (κ1) is 12.4. The van der Waals surface area contributed by atoms with Crippen molar-refractivity contribution in [2.75, 3.05) is 20.8 Å². The zero-order valence-corrected chi connectivity index (χ0v) is 9.06. The van der Waals surface area contributed by atoms with Gasteiger partial charge in [-0.15, -0.1) is 0 Å². The van der Waals surface area contributed by atoms with Gasteiger partial charge in [-0.1, -0.05) is 12.0 Å². The van der Waals surface area contributed by atoms with E-state index in [4.69, 9.17) is 18.8 Å². The minimum absolute atomic E-state index is 0.143. The zero-order valence-electron chi connectivity index (χ0n) is 8.06. The van der Waals surface area contributed by atoms with Gasteiger partial charge in [0.15, 0.2) is 0 Å². The van der Waals surface area contributed by atoms with Crippen LogP contribution in [0.2, 0.25) is 0 Å². The first-order valence-corrected chi connectivity index (χ1v) is 5.12. The first-order valence-electron chi connectivity index (χ1n) is 3.90. The lowest BCUT2D eigenvalue weighted by molar-refractivity contribution is 0.127. The van der Waals surface area contributed by atoms with Gasteiger partial charge in [-0.3, -0.25) is 0 Å². The molecule has 6 nitrogen and oxygen atoms in total. The molecule has 0 heterocycles. The number of hydrogen-bond donors (Lipinski definition) is 0. The maximum Gasteiger partial charge on any atom is 0.577 e. The van der Waals surface area contributed by atoms with E-state index in [9.17, 15) is 0 Å². The van der Waals surface area contributed by atoms with Crippen molar-refractivity contribution in [3.05, 3.63) is 10.4 Å². The summed E-state index contributed by atoms with van der Waals surface area (Å²) >= 11 is 0. The van der Waals surface area contributed by atoms with Crippen molar-refractivity contribution in [3.8, 4) is 0 Å². The van der Waals surface area contributed by atoms with Crippen LogP contribution in [0, 0.1) is 0 Å². The molecule has 0 rings (SSSR count). The number of nitrogens with zero attached hydrogens (tertiary/aromatic N) is 3. The van der Waals surface area contributed by atoms with E-state index in [-0.39, 0.29) is 6.04 Å². The summed E-state index contributed by atoms with van der Waals surface area (Å²) in [5.41, 5.74) is 8.20. The Balaban J connectivity index is 3.75. The van der Waals surface area contributed by atoms with Crippen LogP contribution in [-0.2, 0) is 13.3 Å². The van der Waals surface area contributed by atoms with Gasteiger partial charge < -0.3 is 13.3 Å². The molecular weight excluding hydrogens is 190 g/mol. The van der Waals surface area contributed by atoms with E-state index in [0.29, 0.717) is 6.61 Å². The van der Waals surface area contributed by atoms with Crippen LogP contribution in [-0.4, -0.2) is 36.4 Å². The Morgan fingerprint density at radius 2 is 2.08 bits per heavy atom. The highest BCUT2D eigenvalue weighted by Crippen LogP contribution is 2.00. The number of azide groups is 1. The van der Waals surface area contributed by atoms with Gasteiger partial charge in [0.05, 0.1) is 6.04 Å². The van der Waals surface area contributed by atoms with Crippen LogP contribution in [0.3, 0.4) is 0 Å². The fourth-order valence-electron chi connectivity index (χ4n) is 0.671.